The van der Waals surface area contributed by atoms with Gasteiger partial charge in [0.05, 0.1) is 6.61 Å². The summed E-state index contributed by atoms with van der Waals surface area (Å²) in [6.45, 7) is 4.14. The van der Waals surface area contributed by atoms with E-state index in [4.69, 9.17) is 9.84 Å². The van der Waals surface area contributed by atoms with Crippen LogP contribution in [0.25, 0.3) is 0 Å². The van der Waals surface area contributed by atoms with Gasteiger partial charge in [0.15, 0.2) is 0 Å². The number of carbonyl (C=O) groups is 2. The Morgan fingerprint density at radius 2 is 2.15 bits per heavy atom. The molecule has 0 saturated heterocycles. The van der Waals surface area contributed by atoms with Gasteiger partial charge in [-0.3, -0.25) is 5.32 Å². The van der Waals surface area contributed by atoms with Gasteiger partial charge in [0, 0.05) is 13.0 Å². The second-order valence-corrected chi connectivity index (χ2v) is 5.49. The van der Waals surface area contributed by atoms with Crippen LogP contribution in [0.1, 0.15) is 18.9 Å². The zero-order chi connectivity index (χ0) is 15.0. The molecule has 0 spiro atoms. The van der Waals surface area contributed by atoms with Crippen LogP contribution in [0.15, 0.2) is 0 Å². The normalized spacial score (nSPS) is 10.6. The number of hydrogen-bond donors (Lipinski definition) is 3. The fraction of sp³-hybridized carbons (Fsp3) is 0.636. The Hall–Kier alpha value is -1.74. The van der Waals surface area contributed by atoms with E-state index in [0.717, 1.165) is 11.4 Å². The molecular formula is C11H18N4O4S. The van der Waals surface area contributed by atoms with Crippen LogP contribution in [-0.2, 0) is 16.0 Å². The predicted octanol–water partition coefficient (Wildman–Crippen LogP) is 0.959. The van der Waals surface area contributed by atoms with Gasteiger partial charge in [-0.05, 0) is 5.92 Å². The Bertz CT molecular complexity index is 449. The highest BCUT2D eigenvalue weighted by molar-refractivity contribution is 7.15. The molecule has 20 heavy (non-hydrogen) atoms. The number of rotatable bonds is 8. The van der Waals surface area contributed by atoms with Gasteiger partial charge < -0.3 is 15.2 Å². The maximum Gasteiger partial charge on any atom is 0.329 e. The zero-order valence-electron chi connectivity index (χ0n) is 11.4. The summed E-state index contributed by atoms with van der Waals surface area (Å²) in [4.78, 5) is 21.7. The van der Waals surface area contributed by atoms with Crippen molar-refractivity contribution in [3.63, 3.8) is 0 Å². The summed E-state index contributed by atoms with van der Waals surface area (Å²) in [6, 6.07) is -0.420. The topological polar surface area (TPSA) is 113 Å². The fourth-order valence-corrected chi connectivity index (χ4v) is 2.22. The Balaban J connectivity index is 2.21. The van der Waals surface area contributed by atoms with E-state index in [2.05, 4.69) is 34.7 Å². The van der Waals surface area contributed by atoms with Crippen molar-refractivity contribution < 1.29 is 19.4 Å². The van der Waals surface area contributed by atoms with Gasteiger partial charge in [-0.1, -0.05) is 25.2 Å². The van der Waals surface area contributed by atoms with Crippen molar-refractivity contribution in [3.05, 3.63) is 5.01 Å². The Morgan fingerprint density at radius 1 is 1.40 bits per heavy atom. The van der Waals surface area contributed by atoms with Gasteiger partial charge in [-0.25, -0.2) is 9.59 Å². The van der Waals surface area contributed by atoms with E-state index in [1.807, 2.05) is 0 Å². The lowest BCUT2D eigenvalue weighted by atomic mass is 10.1. The average Bonchev–Trinajstić information content (AvgIpc) is 2.74. The second kappa shape index (κ2) is 8.43. The zero-order valence-corrected chi connectivity index (χ0v) is 12.2. The smallest absolute Gasteiger partial charge is 0.329 e. The lowest BCUT2D eigenvalue weighted by molar-refractivity contribution is -0.142. The average molecular weight is 302 g/mol. The standard InChI is InChI=1S/C11H18N4O4S/c1-7(2)5-8-14-15-11(20-8)13-10(18)12-3-4-19-6-9(16)17/h7H,3-6H2,1-2H3,(H,16,17)(H2,12,13,15,18). The van der Waals surface area contributed by atoms with Crippen molar-refractivity contribution in [1.29, 1.82) is 0 Å². The van der Waals surface area contributed by atoms with Crippen molar-refractivity contribution in [3.8, 4) is 0 Å². The van der Waals surface area contributed by atoms with Crippen molar-refractivity contribution in [2.24, 2.45) is 5.92 Å². The molecule has 0 aromatic carbocycles. The van der Waals surface area contributed by atoms with Crippen LogP contribution in [0.5, 0.6) is 0 Å². The first-order valence-electron chi connectivity index (χ1n) is 6.14. The molecule has 2 amide bonds. The number of urea groups is 1. The molecule has 0 atom stereocenters. The molecular weight excluding hydrogens is 284 g/mol. The van der Waals surface area contributed by atoms with Crippen LogP contribution in [0.3, 0.4) is 0 Å². The third kappa shape index (κ3) is 7.00. The molecule has 1 aromatic rings. The number of hydrogen-bond acceptors (Lipinski definition) is 6. The van der Waals surface area contributed by atoms with Crippen molar-refractivity contribution >= 4 is 28.5 Å². The molecule has 0 aliphatic heterocycles. The van der Waals surface area contributed by atoms with Gasteiger partial charge >= 0.3 is 12.0 Å². The third-order valence-electron chi connectivity index (χ3n) is 2.03. The monoisotopic (exact) mass is 302 g/mol. The van der Waals surface area contributed by atoms with Crippen LogP contribution >= 0.6 is 11.3 Å². The largest absolute Gasteiger partial charge is 0.480 e. The summed E-state index contributed by atoms with van der Waals surface area (Å²) in [7, 11) is 0. The molecule has 1 rings (SSSR count). The molecule has 0 saturated carbocycles. The van der Waals surface area contributed by atoms with Crippen LogP contribution in [0.2, 0.25) is 0 Å². The summed E-state index contributed by atoms with van der Waals surface area (Å²) in [5.74, 6) is -0.558. The van der Waals surface area contributed by atoms with Crippen LogP contribution in [0.4, 0.5) is 9.93 Å². The van der Waals surface area contributed by atoms with Gasteiger partial charge in [-0.15, -0.1) is 10.2 Å². The number of anilines is 1. The van der Waals surface area contributed by atoms with Crippen molar-refractivity contribution in [2.45, 2.75) is 20.3 Å². The van der Waals surface area contributed by atoms with Gasteiger partial charge in [0.2, 0.25) is 5.13 Å². The van der Waals surface area contributed by atoms with E-state index in [0.29, 0.717) is 11.0 Å². The minimum Gasteiger partial charge on any atom is -0.480 e. The first kappa shape index (κ1) is 16.3. The van der Waals surface area contributed by atoms with Crippen molar-refractivity contribution in [1.82, 2.24) is 15.5 Å². The van der Waals surface area contributed by atoms with Gasteiger partial charge in [-0.2, -0.15) is 0 Å². The fourth-order valence-electron chi connectivity index (χ4n) is 1.27. The molecule has 1 heterocycles. The highest BCUT2D eigenvalue weighted by Crippen LogP contribution is 2.17. The minimum atomic E-state index is -1.04. The number of nitrogens with zero attached hydrogens (tertiary/aromatic N) is 2. The molecule has 0 aliphatic carbocycles. The molecule has 0 unspecified atom stereocenters. The van der Waals surface area contributed by atoms with E-state index in [1.165, 1.54) is 11.3 Å². The predicted molar refractivity (Wildman–Crippen MR) is 73.9 cm³/mol. The highest BCUT2D eigenvalue weighted by Gasteiger charge is 2.08. The summed E-state index contributed by atoms with van der Waals surface area (Å²) in [5.41, 5.74) is 0. The maximum absolute atomic E-state index is 11.5. The number of nitrogens with one attached hydrogen (secondary N) is 2. The van der Waals surface area contributed by atoms with E-state index in [9.17, 15) is 9.59 Å². The third-order valence-corrected chi connectivity index (χ3v) is 2.89. The molecule has 0 radical (unpaired) electrons. The Morgan fingerprint density at radius 3 is 2.80 bits per heavy atom. The minimum absolute atomic E-state index is 0.133. The first-order valence-corrected chi connectivity index (χ1v) is 6.95. The van der Waals surface area contributed by atoms with Crippen LogP contribution in [-0.4, -0.2) is 47.1 Å². The maximum atomic E-state index is 11.5. The molecule has 0 aliphatic rings. The summed E-state index contributed by atoms with van der Waals surface area (Å²) < 4.78 is 4.78. The number of amides is 2. The number of carboxylic acid groups (broad SMARTS) is 1. The van der Waals surface area contributed by atoms with E-state index >= 15 is 0 Å². The first-order chi connectivity index (χ1) is 9.47. The Kier molecular flexibility index (Phi) is 6.88. The molecule has 0 fully saturated rings. The van der Waals surface area contributed by atoms with E-state index < -0.39 is 12.0 Å². The summed E-state index contributed by atoms with van der Waals surface area (Å²) in [6.07, 6.45) is 0.823. The molecule has 3 N–H and O–H groups in total. The number of carboxylic acids is 1. The van der Waals surface area contributed by atoms with E-state index in [1.54, 1.807) is 0 Å². The number of ether oxygens (including phenoxy) is 1. The number of aromatic nitrogens is 2. The lowest BCUT2D eigenvalue weighted by Crippen LogP contribution is -2.31. The van der Waals surface area contributed by atoms with Crippen molar-refractivity contribution in [2.75, 3.05) is 25.1 Å². The quantitative estimate of drug-likeness (QED) is 0.616. The SMILES string of the molecule is CC(C)Cc1nnc(NC(=O)NCCOCC(=O)O)s1. The highest BCUT2D eigenvalue weighted by atomic mass is 32.1. The van der Waals surface area contributed by atoms with E-state index in [-0.39, 0.29) is 19.8 Å². The molecule has 9 heteroatoms. The lowest BCUT2D eigenvalue weighted by Gasteiger charge is -2.04. The molecule has 0 bridgehead atoms. The van der Waals surface area contributed by atoms with Crippen LogP contribution < -0.4 is 10.6 Å². The second-order valence-electron chi connectivity index (χ2n) is 4.43. The summed E-state index contributed by atoms with van der Waals surface area (Å²) >= 11 is 1.33. The summed E-state index contributed by atoms with van der Waals surface area (Å²) in [5, 5.41) is 22.6. The Labute approximate surface area is 120 Å². The number of aliphatic carboxylic acids is 1. The molecule has 8 nitrogen and oxygen atoms in total. The molecule has 1 aromatic heterocycles. The van der Waals surface area contributed by atoms with Crippen LogP contribution in [0, 0.1) is 5.92 Å². The molecule has 112 valence electrons. The van der Waals surface area contributed by atoms with Gasteiger partial charge in [0.25, 0.3) is 0 Å². The number of carbonyl (C=O) groups excluding carboxylic acids is 1. The van der Waals surface area contributed by atoms with Gasteiger partial charge in [0.1, 0.15) is 11.6 Å².